The SMILES string of the molecule is CCCCCCOc1ccc(-c2ccc(C(=O)[C@]3(O)CO[C@H]4[C@@H]3OC[C@]4(O)C(=O)c3ccc(-c4ccc(OCCCCCC)cc4)cc3)cc2)cc1. The van der Waals surface area contributed by atoms with Gasteiger partial charge < -0.3 is 29.2 Å². The molecule has 2 heterocycles. The summed E-state index contributed by atoms with van der Waals surface area (Å²) in [5.41, 5.74) is 0.149. The van der Waals surface area contributed by atoms with Gasteiger partial charge in [0.05, 0.1) is 26.4 Å². The van der Waals surface area contributed by atoms with Gasteiger partial charge >= 0.3 is 0 Å². The fourth-order valence-corrected chi connectivity index (χ4v) is 6.99. The van der Waals surface area contributed by atoms with E-state index >= 15 is 0 Å². The Bertz CT molecular complexity index is 1630. The lowest BCUT2D eigenvalue weighted by atomic mass is 9.82. The predicted octanol–water partition coefficient (Wildman–Crippen LogP) is 8.26. The van der Waals surface area contributed by atoms with Gasteiger partial charge in [0.1, 0.15) is 23.7 Å². The number of hydrogen-bond acceptors (Lipinski definition) is 8. The van der Waals surface area contributed by atoms with Crippen LogP contribution in [0.1, 0.15) is 85.9 Å². The molecular formula is C44H50O8. The Balaban J connectivity index is 1.06. The highest BCUT2D eigenvalue weighted by atomic mass is 16.6. The van der Waals surface area contributed by atoms with Gasteiger partial charge in [-0.05, 0) is 59.4 Å². The van der Waals surface area contributed by atoms with Crippen LogP contribution in [0.2, 0.25) is 0 Å². The van der Waals surface area contributed by atoms with Gasteiger partial charge in [0.2, 0.25) is 0 Å². The van der Waals surface area contributed by atoms with Gasteiger partial charge in [0, 0.05) is 11.1 Å². The molecule has 0 bridgehead atoms. The van der Waals surface area contributed by atoms with Crippen LogP contribution in [0.15, 0.2) is 97.1 Å². The normalized spacial score (nSPS) is 22.2. The van der Waals surface area contributed by atoms with Gasteiger partial charge in [0.15, 0.2) is 22.8 Å². The summed E-state index contributed by atoms with van der Waals surface area (Å²) in [5.74, 6) is 0.453. The van der Waals surface area contributed by atoms with Crippen molar-refractivity contribution >= 4 is 11.6 Å². The zero-order chi connectivity index (χ0) is 36.6. The molecule has 4 aromatic carbocycles. The molecule has 0 aromatic heterocycles. The topological polar surface area (TPSA) is 112 Å². The van der Waals surface area contributed by atoms with Gasteiger partial charge in [-0.3, -0.25) is 9.59 Å². The van der Waals surface area contributed by atoms with Crippen LogP contribution in [0, 0.1) is 0 Å². The van der Waals surface area contributed by atoms with E-state index in [4.69, 9.17) is 18.9 Å². The molecule has 0 spiro atoms. The van der Waals surface area contributed by atoms with Crippen molar-refractivity contribution in [3.8, 4) is 33.8 Å². The number of carbonyl (C=O) groups excluding carboxylic acids is 2. The number of benzene rings is 4. The molecule has 2 fully saturated rings. The highest BCUT2D eigenvalue weighted by Crippen LogP contribution is 2.42. The molecule has 6 rings (SSSR count). The minimum Gasteiger partial charge on any atom is -0.494 e. The number of unbranched alkanes of at least 4 members (excludes halogenated alkanes) is 6. The number of rotatable bonds is 18. The van der Waals surface area contributed by atoms with Crippen molar-refractivity contribution in [1.82, 2.24) is 0 Å². The van der Waals surface area contributed by atoms with E-state index in [-0.39, 0.29) is 11.1 Å². The van der Waals surface area contributed by atoms with Crippen LogP contribution in [0.4, 0.5) is 0 Å². The molecule has 52 heavy (non-hydrogen) atoms. The van der Waals surface area contributed by atoms with Crippen molar-refractivity contribution in [1.29, 1.82) is 0 Å². The monoisotopic (exact) mass is 706 g/mol. The first kappa shape index (κ1) is 37.4. The highest BCUT2D eigenvalue weighted by Gasteiger charge is 2.67. The fourth-order valence-electron chi connectivity index (χ4n) is 6.99. The summed E-state index contributed by atoms with van der Waals surface area (Å²) in [6.07, 6.45) is 6.76. The van der Waals surface area contributed by atoms with E-state index in [0.717, 1.165) is 59.4 Å². The number of aliphatic hydroxyl groups is 2. The first-order chi connectivity index (χ1) is 25.3. The summed E-state index contributed by atoms with van der Waals surface area (Å²) < 4.78 is 23.3. The Morgan fingerprint density at radius 1 is 0.538 bits per heavy atom. The molecule has 0 radical (unpaired) electrons. The third-order valence-electron chi connectivity index (χ3n) is 10.2. The Hall–Kier alpha value is -4.34. The van der Waals surface area contributed by atoms with Crippen LogP contribution in [-0.2, 0) is 9.47 Å². The summed E-state index contributed by atoms with van der Waals surface area (Å²) in [7, 11) is 0. The molecule has 0 unspecified atom stereocenters. The van der Waals surface area contributed by atoms with Gasteiger partial charge in [0.25, 0.3) is 0 Å². The van der Waals surface area contributed by atoms with Crippen LogP contribution < -0.4 is 9.47 Å². The van der Waals surface area contributed by atoms with Crippen LogP contribution in [0.25, 0.3) is 22.3 Å². The number of fused-ring (bicyclic) bond motifs is 1. The summed E-state index contributed by atoms with van der Waals surface area (Å²) in [6.45, 7) is 4.94. The number of Topliss-reactive ketones (excluding diaryl/α,β-unsaturated/α-hetero) is 2. The summed E-state index contributed by atoms with van der Waals surface area (Å²) >= 11 is 0. The molecule has 8 nitrogen and oxygen atoms in total. The Morgan fingerprint density at radius 2 is 0.865 bits per heavy atom. The summed E-state index contributed by atoms with van der Waals surface area (Å²) in [5, 5.41) is 23.2. The average Bonchev–Trinajstić information content (AvgIpc) is 3.72. The zero-order valence-electron chi connectivity index (χ0n) is 30.2. The molecule has 8 heteroatoms. The van der Waals surface area contributed by atoms with E-state index in [2.05, 4.69) is 13.8 Å². The number of ketones is 2. The molecular weight excluding hydrogens is 656 g/mol. The van der Waals surface area contributed by atoms with E-state index < -0.39 is 48.2 Å². The second-order valence-electron chi connectivity index (χ2n) is 14.0. The molecule has 274 valence electrons. The minimum atomic E-state index is -2.07. The molecule has 4 aromatic rings. The number of ether oxygens (including phenoxy) is 4. The second-order valence-corrected chi connectivity index (χ2v) is 14.0. The fraction of sp³-hybridized carbons (Fsp3) is 0.409. The first-order valence-corrected chi connectivity index (χ1v) is 18.7. The van der Waals surface area contributed by atoms with Crippen LogP contribution >= 0.6 is 0 Å². The molecule has 0 amide bonds. The van der Waals surface area contributed by atoms with Gasteiger partial charge in [-0.1, -0.05) is 125 Å². The van der Waals surface area contributed by atoms with Crippen molar-refractivity contribution in [2.45, 2.75) is 88.6 Å². The maximum absolute atomic E-state index is 13.7. The molecule has 2 aliphatic heterocycles. The van der Waals surface area contributed by atoms with Crippen LogP contribution in [0.5, 0.6) is 11.5 Å². The van der Waals surface area contributed by atoms with Crippen LogP contribution in [0.3, 0.4) is 0 Å². The predicted molar refractivity (Wildman–Crippen MR) is 201 cm³/mol. The van der Waals surface area contributed by atoms with Crippen molar-refractivity contribution in [3.05, 3.63) is 108 Å². The van der Waals surface area contributed by atoms with Gasteiger partial charge in [-0.2, -0.15) is 0 Å². The smallest absolute Gasteiger partial charge is 0.199 e. The Kier molecular flexibility index (Phi) is 12.2. The highest BCUT2D eigenvalue weighted by molar-refractivity contribution is 6.06. The van der Waals surface area contributed by atoms with Gasteiger partial charge in [-0.15, -0.1) is 0 Å². The van der Waals surface area contributed by atoms with Gasteiger partial charge in [-0.25, -0.2) is 0 Å². The lowest BCUT2D eigenvalue weighted by molar-refractivity contribution is -0.0640. The largest absolute Gasteiger partial charge is 0.494 e. The molecule has 2 N–H and O–H groups in total. The minimum absolute atomic E-state index is 0.273. The van der Waals surface area contributed by atoms with Crippen LogP contribution in [-0.4, -0.2) is 71.6 Å². The molecule has 2 aliphatic rings. The van der Waals surface area contributed by atoms with Crippen molar-refractivity contribution in [2.75, 3.05) is 26.4 Å². The Labute approximate surface area is 306 Å². The number of hydrogen-bond donors (Lipinski definition) is 2. The first-order valence-electron chi connectivity index (χ1n) is 18.7. The van der Waals surface area contributed by atoms with E-state index in [1.165, 1.54) is 25.7 Å². The maximum Gasteiger partial charge on any atom is 0.199 e. The quantitative estimate of drug-likeness (QED) is 0.0786. The number of carbonyl (C=O) groups is 2. The molecule has 4 atom stereocenters. The van der Waals surface area contributed by atoms with Crippen molar-refractivity contribution in [3.63, 3.8) is 0 Å². The van der Waals surface area contributed by atoms with Crippen molar-refractivity contribution < 1.29 is 38.7 Å². The lowest BCUT2D eigenvalue weighted by Gasteiger charge is -2.26. The Morgan fingerprint density at radius 3 is 1.19 bits per heavy atom. The second kappa shape index (κ2) is 17.0. The molecule has 2 saturated heterocycles. The molecule has 0 aliphatic carbocycles. The summed E-state index contributed by atoms with van der Waals surface area (Å²) in [4.78, 5) is 27.4. The van der Waals surface area contributed by atoms with E-state index in [1.54, 1.807) is 24.3 Å². The standard InChI is InChI=1S/C44H50O8/c1-3-5-7-9-27-49-37-23-19-33(20-24-37)31-11-15-35(16-12-31)39(45)43(47)29-51-42-41(43)52-30-44(42,48)40(46)36-17-13-32(14-18-36)34-21-25-38(26-22-34)50-28-10-8-6-4-2/h11-26,41-42,47-48H,3-10,27-30H2,1-2H3/t41-,42-,43-,44+/m0/s1. The molecule has 0 saturated carbocycles. The summed E-state index contributed by atoms with van der Waals surface area (Å²) in [6, 6.07) is 29.6. The van der Waals surface area contributed by atoms with E-state index in [9.17, 15) is 19.8 Å². The zero-order valence-corrected chi connectivity index (χ0v) is 30.2. The third-order valence-corrected chi connectivity index (χ3v) is 10.2. The average molecular weight is 707 g/mol. The third kappa shape index (κ3) is 8.16. The maximum atomic E-state index is 13.7. The van der Waals surface area contributed by atoms with E-state index in [1.807, 2.05) is 72.8 Å². The van der Waals surface area contributed by atoms with Crippen molar-refractivity contribution in [2.24, 2.45) is 0 Å². The lowest BCUT2D eigenvalue weighted by Crippen LogP contribution is -2.54. The van der Waals surface area contributed by atoms with E-state index in [0.29, 0.717) is 13.2 Å².